The predicted molar refractivity (Wildman–Crippen MR) is 158 cm³/mol. The van der Waals surface area contributed by atoms with Crippen LogP contribution in [0.1, 0.15) is 29.5 Å². The second-order valence-corrected chi connectivity index (χ2v) is 10.7. The maximum Gasteiger partial charge on any atom is 0.326 e. The maximum absolute atomic E-state index is 13.9. The largest absolute Gasteiger partial charge is 0.508 e. The van der Waals surface area contributed by atoms with Crippen molar-refractivity contribution < 1.29 is 34.5 Å². The van der Waals surface area contributed by atoms with Crippen molar-refractivity contribution in [1.29, 1.82) is 0 Å². The minimum atomic E-state index is -1.24. The minimum Gasteiger partial charge on any atom is -0.508 e. The maximum atomic E-state index is 13.9. The van der Waals surface area contributed by atoms with Gasteiger partial charge in [-0.15, -0.1) is 0 Å². The molecule has 1 aliphatic heterocycles. The van der Waals surface area contributed by atoms with E-state index in [1.54, 1.807) is 24.3 Å². The Hall–Kier alpha value is -4.90. The second kappa shape index (κ2) is 14.3. The molecule has 0 saturated carbocycles. The molecule has 4 atom stereocenters. The zero-order valence-electron chi connectivity index (χ0n) is 23.6. The lowest BCUT2D eigenvalue weighted by Gasteiger charge is -2.30. The molecule has 1 heterocycles. The van der Waals surface area contributed by atoms with E-state index in [0.29, 0.717) is 18.4 Å². The van der Waals surface area contributed by atoms with Crippen LogP contribution >= 0.6 is 0 Å². The van der Waals surface area contributed by atoms with Gasteiger partial charge in [0, 0.05) is 19.4 Å². The first-order chi connectivity index (χ1) is 20.6. The van der Waals surface area contributed by atoms with Gasteiger partial charge in [-0.2, -0.15) is 0 Å². The number of carboxylic acids is 1. The molecular weight excluding hydrogens is 552 g/mol. The topological polar surface area (TPSA) is 182 Å². The Kier molecular flexibility index (Phi) is 10.3. The van der Waals surface area contributed by atoms with Crippen LogP contribution < -0.4 is 16.4 Å². The van der Waals surface area contributed by atoms with Crippen molar-refractivity contribution >= 4 is 23.7 Å². The van der Waals surface area contributed by atoms with E-state index in [1.165, 1.54) is 29.2 Å². The van der Waals surface area contributed by atoms with Gasteiger partial charge in [0.15, 0.2) is 0 Å². The highest BCUT2D eigenvalue weighted by Gasteiger charge is 2.39. The van der Waals surface area contributed by atoms with Gasteiger partial charge in [-0.25, -0.2) is 4.79 Å². The lowest BCUT2D eigenvalue weighted by atomic mass is 10.0. The molecular formula is C32H36N4O7. The van der Waals surface area contributed by atoms with Gasteiger partial charge in [0.25, 0.3) is 0 Å². The van der Waals surface area contributed by atoms with Gasteiger partial charge in [-0.1, -0.05) is 54.6 Å². The van der Waals surface area contributed by atoms with Crippen molar-refractivity contribution in [3.05, 3.63) is 95.6 Å². The fraction of sp³-hybridized carbons (Fsp3) is 0.312. The van der Waals surface area contributed by atoms with E-state index in [0.717, 1.165) is 11.1 Å². The SMILES string of the molecule is NC(Cc1ccc(O)cc1)C(=O)NC(Cc1ccccc1)C(=O)N1CCCC1C(=O)NC(Cc1ccc(O)cc1)C(=O)O. The van der Waals surface area contributed by atoms with Crippen molar-refractivity contribution in [2.24, 2.45) is 5.73 Å². The van der Waals surface area contributed by atoms with Crippen LogP contribution in [0.25, 0.3) is 0 Å². The van der Waals surface area contributed by atoms with Crippen molar-refractivity contribution in [2.45, 2.75) is 56.3 Å². The molecule has 0 aliphatic carbocycles. The Morgan fingerprint density at radius 3 is 1.88 bits per heavy atom. The molecule has 0 spiro atoms. The van der Waals surface area contributed by atoms with Crippen LogP contribution in [0, 0.1) is 0 Å². The first kappa shape index (κ1) is 31.0. The highest BCUT2D eigenvalue weighted by atomic mass is 16.4. The molecule has 1 fully saturated rings. The zero-order chi connectivity index (χ0) is 30.9. The number of rotatable bonds is 12. The molecule has 7 N–H and O–H groups in total. The Morgan fingerprint density at radius 2 is 1.30 bits per heavy atom. The molecule has 0 bridgehead atoms. The number of amides is 3. The first-order valence-corrected chi connectivity index (χ1v) is 14.1. The highest BCUT2D eigenvalue weighted by Crippen LogP contribution is 2.21. The number of nitrogens with zero attached hydrogens (tertiary/aromatic N) is 1. The Morgan fingerprint density at radius 1 is 0.767 bits per heavy atom. The molecule has 3 aromatic carbocycles. The van der Waals surface area contributed by atoms with E-state index >= 15 is 0 Å². The number of nitrogens with two attached hydrogens (primary N) is 1. The molecule has 11 heteroatoms. The first-order valence-electron chi connectivity index (χ1n) is 14.1. The van der Waals surface area contributed by atoms with Crippen LogP contribution in [-0.4, -0.2) is 74.6 Å². The summed E-state index contributed by atoms with van der Waals surface area (Å²) in [5, 5.41) is 34.1. The number of aliphatic carboxylic acids is 1. The highest BCUT2D eigenvalue weighted by molar-refractivity contribution is 5.94. The number of carbonyl (C=O) groups is 4. The quantitative estimate of drug-likeness (QED) is 0.184. The van der Waals surface area contributed by atoms with Crippen LogP contribution in [0.3, 0.4) is 0 Å². The van der Waals surface area contributed by atoms with E-state index in [-0.39, 0.29) is 37.3 Å². The molecule has 3 amide bonds. The molecule has 11 nitrogen and oxygen atoms in total. The lowest BCUT2D eigenvalue weighted by molar-refractivity contribution is -0.144. The van der Waals surface area contributed by atoms with Gasteiger partial charge in [-0.05, 0) is 60.2 Å². The Labute approximate surface area is 249 Å². The van der Waals surface area contributed by atoms with E-state index in [4.69, 9.17) is 5.73 Å². The molecule has 43 heavy (non-hydrogen) atoms. The molecule has 4 rings (SSSR count). The van der Waals surface area contributed by atoms with Crippen molar-refractivity contribution in [3.8, 4) is 11.5 Å². The van der Waals surface area contributed by atoms with Crippen LogP contribution in [0.2, 0.25) is 0 Å². The molecule has 0 radical (unpaired) electrons. The number of benzene rings is 3. The van der Waals surface area contributed by atoms with Gasteiger partial charge in [0.1, 0.15) is 29.6 Å². The van der Waals surface area contributed by atoms with Crippen LogP contribution in [0.4, 0.5) is 0 Å². The number of carboxylic acid groups (broad SMARTS) is 1. The van der Waals surface area contributed by atoms with Gasteiger partial charge in [0.05, 0.1) is 6.04 Å². The number of nitrogens with one attached hydrogen (secondary N) is 2. The van der Waals surface area contributed by atoms with Gasteiger partial charge in [-0.3, -0.25) is 14.4 Å². The summed E-state index contributed by atoms with van der Waals surface area (Å²) < 4.78 is 0. The fourth-order valence-electron chi connectivity index (χ4n) is 5.15. The zero-order valence-corrected chi connectivity index (χ0v) is 23.6. The fourth-order valence-corrected chi connectivity index (χ4v) is 5.15. The Balaban J connectivity index is 1.47. The second-order valence-electron chi connectivity index (χ2n) is 10.7. The molecule has 4 unspecified atom stereocenters. The predicted octanol–water partition coefficient (Wildman–Crippen LogP) is 1.50. The number of hydrogen-bond donors (Lipinski definition) is 6. The molecule has 0 aromatic heterocycles. The third-order valence-electron chi connectivity index (χ3n) is 7.46. The number of carbonyl (C=O) groups excluding carboxylic acids is 3. The molecule has 226 valence electrons. The molecule has 3 aromatic rings. The molecule has 1 aliphatic rings. The van der Waals surface area contributed by atoms with E-state index < -0.39 is 47.9 Å². The third kappa shape index (κ3) is 8.55. The third-order valence-corrected chi connectivity index (χ3v) is 7.46. The van der Waals surface area contributed by atoms with Crippen LogP contribution in [0.5, 0.6) is 11.5 Å². The van der Waals surface area contributed by atoms with Crippen LogP contribution in [0.15, 0.2) is 78.9 Å². The average molecular weight is 589 g/mol. The summed E-state index contributed by atoms with van der Waals surface area (Å²) in [7, 11) is 0. The summed E-state index contributed by atoms with van der Waals surface area (Å²) in [6.07, 6.45) is 1.22. The lowest BCUT2D eigenvalue weighted by Crippen LogP contribution is -2.57. The van der Waals surface area contributed by atoms with Crippen molar-refractivity contribution in [1.82, 2.24) is 15.5 Å². The van der Waals surface area contributed by atoms with Crippen molar-refractivity contribution in [2.75, 3.05) is 6.54 Å². The number of likely N-dealkylation sites (tertiary alicyclic amines) is 1. The average Bonchev–Trinajstić information content (AvgIpc) is 3.49. The summed E-state index contributed by atoms with van der Waals surface area (Å²) in [5.41, 5.74) is 8.33. The number of hydrogen-bond acceptors (Lipinski definition) is 7. The normalized spacial score (nSPS) is 16.6. The summed E-state index contributed by atoms with van der Waals surface area (Å²) in [6, 6.07) is 17.4. The smallest absolute Gasteiger partial charge is 0.326 e. The van der Waals surface area contributed by atoms with Crippen molar-refractivity contribution in [3.63, 3.8) is 0 Å². The summed E-state index contributed by atoms with van der Waals surface area (Å²) in [4.78, 5) is 53.7. The van der Waals surface area contributed by atoms with Gasteiger partial charge >= 0.3 is 5.97 Å². The van der Waals surface area contributed by atoms with E-state index in [1.807, 2.05) is 30.3 Å². The van der Waals surface area contributed by atoms with E-state index in [9.17, 15) is 34.5 Å². The Bertz CT molecular complexity index is 1410. The molecule has 1 saturated heterocycles. The number of phenols is 2. The number of aromatic hydroxyl groups is 2. The van der Waals surface area contributed by atoms with Gasteiger partial charge < -0.3 is 36.6 Å². The summed E-state index contributed by atoms with van der Waals surface area (Å²) in [5.74, 6) is -2.69. The standard InChI is InChI=1S/C32H36N4O7/c33-25(17-21-8-12-23(37)13-9-21)29(39)34-26(18-20-5-2-1-3-6-20)31(41)36-16-4-7-28(36)30(40)35-27(32(42)43)19-22-10-14-24(38)15-11-22/h1-3,5-6,8-15,25-28,37-38H,4,7,16-19,33H2,(H,34,39)(H,35,40)(H,42,43). The van der Waals surface area contributed by atoms with Gasteiger partial charge in [0.2, 0.25) is 17.7 Å². The monoisotopic (exact) mass is 588 g/mol. The summed E-state index contributed by atoms with van der Waals surface area (Å²) in [6.45, 7) is 0.271. The van der Waals surface area contributed by atoms with Crippen LogP contribution in [-0.2, 0) is 38.4 Å². The summed E-state index contributed by atoms with van der Waals surface area (Å²) >= 11 is 0. The van der Waals surface area contributed by atoms with E-state index in [2.05, 4.69) is 10.6 Å². The number of phenolic OH excluding ortho intramolecular Hbond substituents is 2. The minimum absolute atomic E-state index is 0.00632.